The molecule has 0 amide bonds. The molecule has 5 nitrogen and oxygen atoms in total. The van der Waals surface area contributed by atoms with E-state index in [4.69, 9.17) is 16.0 Å². The fourth-order valence-corrected chi connectivity index (χ4v) is 4.27. The number of benzene rings is 2. The first-order chi connectivity index (χ1) is 15.9. The van der Waals surface area contributed by atoms with Gasteiger partial charge in [-0.1, -0.05) is 11.6 Å². The summed E-state index contributed by atoms with van der Waals surface area (Å²) in [6, 6.07) is 9.64. The first-order valence-electron chi connectivity index (χ1n) is 10.6. The normalized spacial score (nSPS) is 11.8. The van der Waals surface area contributed by atoms with Crippen LogP contribution in [-0.4, -0.2) is 20.3 Å². The van der Waals surface area contributed by atoms with E-state index in [9.17, 15) is 18.7 Å². The Bertz CT molecular complexity index is 1430. The zero-order valence-electron chi connectivity index (χ0n) is 19.1. The lowest BCUT2D eigenvalue weighted by atomic mass is 10.1. The molecule has 0 atom stereocenters. The van der Waals surface area contributed by atoms with Crippen molar-refractivity contribution in [3.63, 3.8) is 0 Å². The predicted octanol–water partition coefficient (Wildman–Crippen LogP) is 6.02. The van der Waals surface area contributed by atoms with Crippen LogP contribution in [0.3, 0.4) is 0 Å². The van der Waals surface area contributed by atoms with Gasteiger partial charge in [0, 0.05) is 28.9 Å². The minimum atomic E-state index is -1.13. The largest absolute Gasteiger partial charge is 0.440 e. The molecule has 4 rings (SSSR count). The fraction of sp³-hybridized carbons (Fsp3) is 0.231. The average Bonchev–Trinajstić information content (AvgIpc) is 3.10. The molecule has 2 aromatic carbocycles. The second-order valence-electron chi connectivity index (χ2n) is 8.91. The van der Waals surface area contributed by atoms with Crippen molar-refractivity contribution >= 4 is 11.6 Å². The minimum Gasteiger partial charge on any atom is -0.440 e. The lowest BCUT2D eigenvalue weighted by Crippen LogP contribution is -2.22. The van der Waals surface area contributed by atoms with Gasteiger partial charge in [-0.05, 0) is 69.2 Å². The molecule has 0 saturated carbocycles. The standard InChI is InChI=1S/C26H23ClF2N2O3/c1-14-9-17(27)10-15(2)24(14)31-13-16(5-8-22(31)32)23-25(19-7-6-18(28)11-20(19)29)34-21(30-23)12-26(3,4)33/h5-11,13,33H,12H2,1-4H3. The lowest BCUT2D eigenvalue weighted by Gasteiger charge is -2.14. The molecule has 0 bridgehead atoms. The van der Waals surface area contributed by atoms with Gasteiger partial charge in [-0.2, -0.15) is 0 Å². The van der Waals surface area contributed by atoms with Gasteiger partial charge in [0.25, 0.3) is 5.56 Å². The van der Waals surface area contributed by atoms with Gasteiger partial charge in [-0.25, -0.2) is 13.8 Å². The Hall–Kier alpha value is -3.29. The molecule has 0 aliphatic carbocycles. The molecule has 4 aromatic rings. The molecule has 0 saturated heterocycles. The van der Waals surface area contributed by atoms with E-state index in [-0.39, 0.29) is 34.9 Å². The number of hydrogen-bond acceptors (Lipinski definition) is 4. The second kappa shape index (κ2) is 8.81. The van der Waals surface area contributed by atoms with Gasteiger partial charge in [0.15, 0.2) is 11.7 Å². The van der Waals surface area contributed by atoms with Crippen LogP contribution < -0.4 is 5.56 Å². The third kappa shape index (κ3) is 4.81. The van der Waals surface area contributed by atoms with Crippen molar-refractivity contribution in [1.82, 2.24) is 9.55 Å². The summed E-state index contributed by atoms with van der Waals surface area (Å²) in [5.74, 6) is -1.28. The number of halogens is 3. The van der Waals surface area contributed by atoms with E-state index in [1.165, 1.54) is 16.7 Å². The Morgan fingerprint density at radius 2 is 1.76 bits per heavy atom. The topological polar surface area (TPSA) is 68.3 Å². The molecule has 0 spiro atoms. The molecule has 0 aliphatic heterocycles. The molecule has 0 radical (unpaired) electrons. The monoisotopic (exact) mass is 484 g/mol. The van der Waals surface area contributed by atoms with E-state index >= 15 is 0 Å². The van der Waals surface area contributed by atoms with Gasteiger partial charge < -0.3 is 9.52 Å². The van der Waals surface area contributed by atoms with Crippen molar-refractivity contribution in [2.45, 2.75) is 39.7 Å². The smallest absolute Gasteiger partial charge is 0.255 e. The average molecular weight is 485 g/mol. The number of aryl methyl sites for hydroxylation is 2. The Morgan fingerprint density at radius 3 is 2.38 bits per heavy atom. The first-order valence-corrected chi connectivity index (χ1v) is 11.0. The van der Waals surface area contributed by atoms with Crippen molar-refractivity contribution in [3.8, 4) is 28.3 Å². The van der Waals surface area contributed by atoms with Crippen LogP contribution in [0.2, 0.25) is 5.02 Å². The van der Waals surface area contributed by atoms with Crippen LogP contribution in [-0.2, 0) is 6.42 Å². The van der Waals surface area contributed by atoms with Gasteiger partial charge in [-0.15, -0.1) is 0 Å². The molecule has 2 aromatic heterocycles. The SMILES string of the molecule is Cc1cc(Cl)cc(C)c1-n1cc(-c2nc(CC(C)(C)O)oc2-c2ccc(F)cc2F)ccc1=O. The van der Waals surface area contributed by atoms with E-state index in [1.54, 1.807) is 38.2 Å². The maximum Gasteiger partial charge on any atom is 0.255 e. The van der Waals surface area contributed by atoms with E-state index in [1.807, 2.05) is 13.8 Å². The lowest BCUT2D eigenvalue weighted by molar-refractivity contribution is 0.0739. The second-order valence-corrected chi connectivity index (χ2v) is 9.35. The number of aromatic nitrogens is 2. The highest BCUT2D eigenvalue weighted by molar-refractivity contribution is 6.30. The molecule has 0 aliphatic rings. The summed E-state index contributed by atoms with van der Waals surface area (Å²) in [7, 11) is 0. The Labute approximate surface area is 200 Å². The van der Waals surface area contributed by atoms with E-state index in [0.717, 1.165) is 23.3 Å². The molecular weight excluding hydrogens is 462 g/mol. The van der Waals surface area contributed by atoms with Crippen LogP contribution in [0.5, 0.6) is 0 Å². The summed E-state index contributed by atoms with van der Waals surface area (Å²) in [6.45, 7) is 6.90. The number of oxazole rings is 1. The van der Waals surface area contributed by atoms with Crippen LogP contribution >= 0.6 is 11.6 Å². The Morgan fingerprint density at radius 1 is 1.09 bits per heavy atom. The summed E-state index contributed by atoms with van der Waals surface area (Å²) in [5, 5.41) is 10.8. The molecule has 1 N–H and O–H groups in total. The van der Waals surface area contributed by atoms with Crippen LogP contribution in [0, 0.1) is 25.5 Å². The van der Waals surface area contributed by atoms with Gasteiger partial charge in [0.05, 0.1) is 23.3 Å². The maximum atomic E-state index is 14.7. The summed E-state index contributed by atoms with van der Waals surface area (Å²) in [6.07, 6.45) is 1.67. The fourth-order valence-electron chi connectivity index (χ4n) is 3.95. The van der Waals surface area contributed by atoms with Crippen LogP contribution in [0.15, 0.2) is 57.9 Å². The van der Waals surface area contributed by atoms with Crippen molar-refractivity contribution in [2.24, 2.45) is 0 Å². The van der Waals surface area contributed by atoms with Gasteiger partial charge in [0.2, 0.25) is 0 Å². The molecule has 2 heterocycles. The van der Waals surface area contributed by atoms with Gasteiger partial charge >= 0.3 is 0 Å². The van der Waals surface area contributed by atoms with Gasteiger partial charge in [0.1, 0.15) is 17.3 Å². The van der Waals surface area contributed by atoms with Crippen LogP contribution in [0.4, 0.5) is 8.78 Å². The Balaban J connectivity index is 1.94. The minimum absolute atomic E-state index is 0.0162. The summed E-state index contributed by atoms with van der Waals surface area (Å²) < 4.78 is 35.6. The van der Waals surface area contributed by atoms with E-state index in [0.29, 0.717) is 16.3 Å². The van der Waals surface area contributed by atoms with Crippen molar-refractivity contribution in [1.29, 1.82) is 0 Å². The summed E-state index contributed by atoms with van der Waals surface area (Å²) >= 11 is 6.15. The first kappa shape index (κ1) is 23.9. The maximum absolute atomic E-state index is 14.7. The van der Waals surface area contributed by atoms with Crippen molar-refractivity contribution in [3.05, 3.63) is 92.7 Å². The Kier molecular flexibility index (Phi) is 6.18. The van der Waals surface area contributed by atoms with Crippen molar-refractivity contribution in [2.75, 3.05) is 0 Å². The quantitative estimate of drug-likeness (QED) is 0.376. The number of nitrogens with zero attached hydrogens (tertiary/aromatic N) is 2. The number of pyridine rings is 1. The van der Waals surface area contributed by atoms with Gasteiger partial charge in [-0.3, -0.25) is 9.36 Å². The molecule has 0 fully saturated rings. The molecule has 176 valence electrons. The highest BCUT2D eigenvalue weighted by Gasteiger charge is 2.24. The molecule has 34 heavy (non-hydrogen) atoms. The number of aliphatic hydroxyl groups is 1. The molecular formula is C26H23ClF2N2O3. The van der Waals surface area contributed by atoms with Crippen LogP contribution in [0.1, 0.15) is 30.9 Å². The third-order valence-electron chi connectivity index (χ3n) is 5.31. The predicted molar refractivity (Wildman–Crippen MR) is 127 cm³/mol. The highest BCUT2D eigenvalue weighted by Crippen LogP contribution is 2.35. The molecule has 8 heteroatoms. The summed E-state index contributed by atoms with van der Waals surface area (Å²) in [4.78, 5) is 17.3. The van der Waals surface area contributed by atoms with Crippen molar-refractivity contribution < 1.29 is 18.3 Å². The highest BCUT2D eigenvalue weighted by atomic mass is 35.5. The van der Waals surface area contributed by atoms with E-state index in [2.05, 4.69) is 4.98 Å². The zero-order chi connectivity index (χ0) is 24.8. The third-order valence-corrected chi connectivity index (χ3v) is 5.53. The number of hydrogen-bond donors (Lipinski definition) is 1. The summed E-state index contributed by atoms with van der Waals surface area (Å²) in [5.41, 5.74) is 1.65. The van der Waals surface area contributed by atoms with Crippen LogP contribution in [0.25, 0.3) is 28.3 Å². The number of rotatable bonds is 5. The van der Waals surface area contributed by atoms with E-state index < -0.39 is 17.2 Å². The molecule has 0 unspecified atom stereocenters. The zero-order valence-corrected chi connectivity index (χ0v) is 19.9.